The SMILES string of the molecule is CCCN(c1ncc(Cl)cn1)C1CC1. The predicted molar refractivity (Wildman–Crippen MR) is 57.7 cm³/mol. The topological polar surface area (TPSA) is 29.0 Å². The van der Waals surface area contributed by atoms with Crippen LogP contribution in [0.3, 0.4) is 0 Å². The molecule has 0 amide bonds. The van der Waals surface area contributed by atoms with E-state index in [0.29, 0.717) is 11.1 Å². The quantitative estimate of drug-likeness (QED) is 0.767. The lowest BCUT2D eigenvalue weighted by atomic mass is 10.4. The van der Waals surface area contributed by atoms with Gasteiger partial charge < -0.3 is 4.90 Å². The van der Waals surface area contributed by atoms with Gasteiger partial charge in [-0.1, -0.05) is 18.5 Å². The molecular weight excluding hydrogens is 198 g/mol. The van der Waals surface area contributed by atoms with Crippen molar-refractivity contribution in [1.82, 2.24) is 9.97 Å². The van der Waals surface area contributed by atoms with Crippen LogP contribution in [0.15, 0.2) is 12.4 Å². The van der Waals surface area contributed by atoms with Crippen LogP contribution in [0.4, 0.5) is 5.95 Å². The van der Waals surface area contributed by atoms with Gasteiger partial charge in [-0.25, -0.2) is 9.97 Å². The van der Waals surface area contributed by atoms with Crippen molar-refractivity contribution < 1.29 is 0 Å². The Bertz CT molecular complexity index is 295. The van der Waals surface area contributed by atoms with E-state index in [2.05, 4.69) is 21.8 Å². The molecule has 76 valence electrons. The van der Waals surface area contributed by atoms with Crippen molar-refractivity contribution in [2.75, 3.05) is 11.4 Å². The third-order valence-corrected chi connectivity index (χ3v) is 2.51. The van der Waals surface area contributed by atoms with Crippen molar-refractivity contribution in [2.24, 2.45) is 0 Å². The second kappa shape index (κ2) is 4.13. The molecule has 0 N–H and O–H groups in total. The molecule has 1 heterocycles. The Kier molecular flexibility index (Phi) is 2.87. The van der Waals surface area contributed by atoms with Crippen molar-refractivity contribution in [3.8, 4) is 0 Å². The molecule has 1 saturated carbocycles. The monoisotopic (exact) mass is 211 g/mol. The molecule has 0 spiro atoms. The molecule has 2 rings (SSSR count). The zero-order chi connectivity index (χ0) is 9.97. The number of hydrogen-bond acceptors (Lipinski definition) is 3. The largest absolute Gasteiger partial charge is 0.338 e. The molecule has 0 saturated heterocycles. The van der Waals surface area contributed by atoms with E-state index in [9.17, 15) is 0 Å². The van der Waals surface area contributed by atoms with Crippen LogP contribution in [-0.2, 0) is 0 Å². The summed E-state index contributed by atoms with van der Waals surface area (Å²) in [5.41, 5.74) is 0. The second-order valence-corrected chi connectivity index (χ2v) is 4.06. The van der Waals surface area contributed by atoms with Gasteiger partial charge in [-0.15, -0.1) is 0 Å². The van der Waals surface area contributed by atoms with Crippen LogP contribution in [0.5, 0.6) is 0 Å². The van der Waals surface area contributed by atoms with Gasteiger partial charge in [0.1, 0.15) is 0 Å². The van der Waals surface area contributed by atoms with Gasteiger partial charge in [0.05, 0.1) is 17.4 Å². The highest BCUT2D eigenvalue weighted by molar-refractivity contribution is 6.30. The lowest BCUT2D eigenvalue weighted by Gasteiger charge is -2.21. The predicted octanol–water partition coefficient (Wildman–Crippen LogP) is 2.51. The Hall–Kier alpha value is -0.830. The van der Waals surface area contributed by atoms with Crippen molar-refractivity contribution in [3.05, 3.63) is 17.4 Å². The zero-order valence-electron chi connectivity index (χ0n) is 8.28. The molecule has 1 aromatic rings. The average Bonchev–Trinajstić information content (AvgIpc) is 2.99. The van der Waals surface area contributed by atoms with Gasteiger partial charge in [-0.05, 0) is 19.3 Å². The van der Waals surface area contributed by atoms with Crippen LogP contribution in [-0.4, -0.2) is 22.6 Å². The lowest BCUT2D eigenvalue weighted by molar-refractivity contribution is 0.735. The summed E-state index contributed by atoms with van der Waals surface area (Å²) in [6.45, 7) is 3.21. The van der Waals surface area contributed by atoms with Crippen LogP contribution >= 0.6 is 11.6 Å². The van der Waals surface area contributed by atoms with Crippen molar-refractivity contribution >= 4 is 17.5 Å². The molecule has 3 nitrogen and oxygen atoms in total. The van der Waals surface area contributed by atoms with Crippen molar-refractivity contribution in [3.63, 3.8) is 0 Å². The van der Waals surface area contributed by atoms with E-state index >= 15 is 0 Å². The van der Waals surface area contributed by atoms with Gasteiger partial charge in [0.25, 0.3) is 0 Å². The van der Waals surface area contributed by atoms with E-state index in [-0.39, 0.29) is 0 Å². The number of anilines is 1. The molecule has 0 bridgehead atoms. The number of hydrogen-bond donors (Lipinski definition) is 0. The van der Waals surface area contributed by atoms with Gasteiger partial charge in [-0.2, -0.15) is 0 Å². The molecule has 0 atom stereocenters. The number of rotatable bonds is 4. The van der Waals surface area contributed by atoms with Crippen LogP contribution in [0.25, 0.3) is 0 Å². The van der Waals surface area contributed by atoms with Gasteiger partial charge in [0.2, 0.25) is 5.95 Å². The Morgan fingerprint density at radius 1 is 1.43 bits per heavy atom. The minimum atomic E-state index is 0.598. The molecule has 1 aromatic heterocycles. The van der Waals surface area contributed by atoms with E-state index in [1.54, 1.807) is 12.4 Å². The number of nitrogens with zero attached hydrogens (tertiary/aromatic N) is 3. The van der Waals surface area contributed by atoms with Crippen LogP contribution in [0.2, 0.25) is 5.02 Å². The molecule has 14 heavy (non-hydrogen) atoms. The third-order valence-electron chi connectivity index (χ3n) is 2.32. The molecule has 1 aliphatic rings. The first-order valence-corrected chi connectivity index (χ1v) is 5.43. The van der Waals surface area contributed by atoms with Gasteiger partial charge >= 0.3 is 0 Å². The van der Waals surface area contributed by atoms with E-state index in [1.807, 2.05) is 0 Å². The van der Waals surface area contributed by atoms with E-state index in [0.717, 1.165) is 18.9 Å². The Morgan fingerprint density at radius 3 is 2.57 bits per heavy atom. The fourth-order valence-corrected chi connectivity index (χ4v) is 1.62. The summed E-state index contributed by atoms with van der Waals surface area (Å²) in [6, 6.07) is 0.663. The minimum absolute atomic E-state index is 0.598. The van der Waals surface area contributed by atoms with E-state index in [4.69, 9.17) is 11.6 Å². The lowest BCUT2D eigenvalue weighted by Crippen LogP contribution is -2.28. The van der Waals surface area contributed by atoms with Crippen LogP contribution < -0.4 is 4.90 Å². The molecule has 4 heteroatoms. The zero-order valence-corrected chi connectivity index (χ0v) is 9.04. The summed E-state index contributed by atoms with van der Waals surface area (Å²) in [6.07, 6.45) is 6.99. The molecular formula is C10H14ClN3. The van der Waals surface area contributed by atoms with Gasteiger partial charge in [0, 0.05) is 12.6 Å². The molecule has 0 radical (unpaired) electrons. The maximum atomic E-state index is 5.75. The Balaban J connectivity index is 2.13. The molecule has 1 fully saturated rings. The number of halogens is 1. The first-order chi connectivity index (χ1) is 6.81. The van der Waals surface area contributed by atoms with Crippen LogP contribution in [0.1, 0.15) is 26.2 Å². The summed E-state index contributed by atoms with van der Waals surface area (Å²) in [7, 11) is 0. The summed E-state index contributed by atoms with van der Waals surface area (Å²) >= 11 is 5.75. The van der Waals surface area contributed by atoms with Crippen molar-refractivity contribution in [1.29, 1.82) is 0 Å². The molecule has 0 aromatic carbocycles. The summed E-state index contributed by atoms with van der Waals surface area (Å²) in [4.78, 5) is 10.8. The average molecular weight is 212 g/mol. The first-order valence-electron chi connectivity index (χ1n) is 5.05. The number of aromatic nitrogens is 2. The molecule has 1 aliphatic carbocycles. The highest BCUT2D eigenvalue weighted by Crippen LogP contribution is 2.29. The van der Waals surface area contributed by atoms with Crippen LogP contribution in [0, 0.1) is 0 Å². The normalized spacial score (nSPS) is 15.6. The van der Waals surface area contributed by atoms with Gasteiger partial charge in [-0.3, -0.25) is 0 Å². The second-order valence-electron chi connectivity index (χ2n) is 3.63. The highest BCUT2D eigenvalue weighted by atomic mass is 35.5. The van der Waals surface area contributed by atoms with Crippen molar-refractivity contribution in [2.45, 2.75) is 32.2 Å². The van der Waals surface area contributed by atoms with E-state index in [1.165, 1.54) is 12.8 Å². The Labute approximate surface area is 89.1 Å². The van der Waals surface area contributed by atoms with Gasteiger partial charge in [0.15, 0.2) is 0 Å². The maximum Gasteiger partial charge on any atom is 0.225 e. The fourth-order valence-electron chi connectivity index (χ4n) is 1.53. The molecule has 0 unspecified atom stereocenters. The molecule has 0 aliphatic heterocycles. The highest BCUT2D eigenvalue weighted by Gasteiger charge is 2.29. The third kappa shape index (κ3) is 2.15. The first kappa shape index (κ1) is 9.71. The minimum Gasteiger partial charge on any atom is -0.338 e. The fraction of sp³-hybridized carbons (Fsp3) is 0.600. The summed E-state index contributed by atoms with van der Waals surface area (Å²) < 4.78 is 0. The summed E-state index contributed by atoms with van der Waals surface area (Å²) in [5.74, 6) is 0.818. The standard InChI is InChI=1S/C10H14ClN3/c1-2-5-14(9-3-4-9)10-12-6-8(11)7-13-10/h6-7,9H,2-5H2,1H3. The maximum absolute atomic E-state index is 5.75. The smallest absolute Gasteiger partial charge is 0.225 e. The van der Waals surface area contributed by atoms with E-state index < -0.39 is 0 Å². The summed E-state index contributed by atoms with van der Waals surface area (Å²) in [5, 5.41) is 0.598. The Morgan fingerprint density at radius 2 is 2.07 bits per heavy atom.